The summed E-state index contributed by atoms with van der Waals surface area (Å²) in [5.41, 5.74) is 2.77. The third-order valence-electron chi connectivity index (χ3n) is 3.88. The lowest BCUT2D eigenvalue weighted by Crippen LogP contribution is -2.28. The van der Waals surface area contributed by atoms with Crippen molar-refractivity contribution < 1.29 is 18.7 Å². The van der Waals surface area contributed by atoms with Gasteiger partial charge in [-0.2, -0.15) is 0 Å². The normalized spacial score (nSPS) is 17.1. The van der Waals surface area contributed by atoms with E-state index in [2.05, 4.69) is 10.3 Å². The Balaban J connectivity index is 1.41. The summed E-state index contributed by atoms with van der Waals surface area (Å²) in [6, 6.07) is 7.93. The monoisotopic (exact) mass is 330 g/mol. The van der Waals surface area contributed by atoms with E-state index < -0.39 is 0 Å². The van der Waals surface area contributed by atoms with Crippen LogP contribution in [0.5, 0.6) is 0 Å². The minimum atomic E-state index is -0.173. The standard InChI is InChI=1S/C18H22N2O4/c1-13-4-6-14(7-5-13)18-20-15(10-24-18)9-19-17(21)12-22-11-16-3-2-8-23-16/h4-7,10,16H,2-3,8-9,11-12H2,1H3,(H,19,21). The number of aryl methyl sites for hydroxylation is 1. The van der Waals surface area contributed by atoms with Gasteiger partial charge in [0.05, 0.1) is 24.9 Å². The molecule has 1 aliphatic rings. The zero-order valence-corrected chi connectivity index (χ0v) is 13.8. The SMILES string of the molecule is Cc1ccc(-c2nc(CNC(=O)COCC3CCCO3)co2)cc1. The summed E-state index contributed by atoms with van der Waals surface area (Å²) in [4.78, 5) is 16.2. The third kappa shape index (κ3) is 4.66. The number of nitrogens with zero attached hydrogens (tertiary/aromatic N) is 1. The fraction of sp³-hybridized carbons (Fsp3) is 0.444. The molecular weight excluding hydrogens is 308 g/mol. The lowest BCUT2D eigenvalue weighted by molar-refractivity contribution is -0.127. The zero-order valence-electron chi connectivity index (χ0n) is 13.8. The fourth-order valence-electron chi connectivity index (χ4n) is 2.52. The van der Waals surface area contributed by atoms with Gasteiger partial charge in [0.1, 0.15) is 12.9 Å². The Labute approximate surface area is 141 Å². The van der Waals surface area contributed by atoms with Gasteiger partial charge < -0.3 is 19.2 Å². The second kappa shape index (κ2) is 8.08. The van der Waals surface area contributed by atoms with Crippen LogP contribution in [0.15, 0.2) is 34.9 Å². The van der Waals surface area contributed by atoms with Crippen LogP contribution in [0.4, 0.5) is 0 Å². The van der Waals surface area contributed by atoms with Gasteiger partial charge in [-0.05, 0) is 31.9 Å². The molecule has 1 aromatic carbocycles. The molecule has 2 aromatic rings. The Bertz CT molecular complexity index is 660. The van der Waals surface area contributed by atoms with Crippen molar-refractivity contribution in [1.29, 1.82) is 0 Å². The third-order valence-corrected chi connectivity index (χ3v) is 3.88. The van der Waals surface area contributed by atoms with Crippen molar-refractivity contribution in [1.82, 2.24) is 10.3 Å². The van der Waals surface area contributed by atoms with Gasteiger partial charge in [-0.3, -0.25) is 4.79 Å². The molecule has 128 valence electrons. The molecule has 6 nitrogen and oxygen atoms in total. The largest absolute Gasteiger partial charge is 0.444 e. The molecule has 0 bridgehead atoms. The summed E-state index contributed by atoms with van der Waals surface area (Å²) in [6.07, 6.45) is 3.76. The molecule has 0 radical (unpaired) electrons. The average Bonchev–Trinajstić information content (AvgIpc) is 3.25. The number of aromatic nitrogens is 1. The molecule has 2 heterocycles. The molecule has 1 amide bonds. The number of amides is 1. The highest BCUT2D eigenvalue weighted by atomic mass is 16.5. The van der Waals surface area contributed by atoms with Crippen molar-refractivity contribution in [2.75, 3.05) is 19.8 Å². The van der Waals surface area contributed by atoms with E-state index in [0.717, 1.165) is 25.0 Å². The first-order valence-electron chi connectivity index (χ1n) is 8.18. The number of rotatable bonds is 7. The number of carbonyl (C=O) groups excluding carboxylic acids is 1. The number of hydrogen-bond acceptors (Lipinski definition) is 5. The van der Waals surface area contributed by atoms with E-state index >= 15 is 0 Å². The van der Waals surface area contributed by atoms with Crippen LogP contribution in [0.2, 0.25) is 0 Å². The van der Waals surface area contributed by atoms with Gasteiger partial charge in [-0.15, -0.1) is 0 Å². The summed E-state index contributed by atoms with van der Waals surface area (Å²) in [5.74, 6) is 0.377. The summed E-state index contributed by atoms with van der Waals surface area (Å²) in [5, 5.41) is 2.77. The van der Waals surface area contributed by atoms with Crippen LogP contribution in [-0.2, 0) is 20.8 Å². The maximum absolute atomic E-state index is 11.8. The molecular formula is C18H22N2O4. The number of ether oxygens (including phenoxy) is 2. The van der Waals surface area contributed by atoms with Crippen LogP contribution in [-0.4, -0.2) is 36.8 Å². The summed E-state index contributed by atoms with van der Waals surface area (Å²) in [7, 11) is 0. The highest BCUT2D eigenvalue weighted by Crippen LogP contribution is 2.19. The van der Waals surface area contributed by atoms with Crippen molar-refractivity contribution in [3.63, 3.8) is 0 Å². The predicted octanol–water partition coefficient (Wildman–Crippen LogP) is 2.46. The molecule has 0 saturated carbocycles. The topological polar surface area (TPSA) is 73.6 Å². The van der Waals surface area contributed by atoms with E-state index in [0.29, 0.717) is 24.7 Å². The fourth-order valence-corrected chi connectivity index (χ4v) is 2.52. The Hall–Kier alpha value is -2.18. The van der Waals surface area contributed by atoms with Crippen LogP contribution in [0.3, 0.4) is 0 Å². The van der Waals surface area contributed by atoms with Crippen molar-refractivity contribution in [3.05, 3.63) is 41.8 Å². The zero-order chi connectivity index (χ0) is 16.8. The minimum absolute atomic E-state index is 0.0303. The first kappa shape index (κ1) is 16.7. The summed E-state index contributed by atoms with van der Waals surface area (Å²) < 4.78 is 16.3. The highest BCUT2D eigenvalue weighted by Gasteiger charge is 2.16. The van der Waals surface area contributed by atoms with Crippen molar-refractivity contribution in [2.24, 2.45) is 0 Å². The molecule has 24 heavy (non-hydrogen) atoms. The van der Waals surface area contributed by atoms with Crippen LogP contribution in [0, 0.1) is 6.92 Å². The summed E-state index contributed by atoms with van der Waals surface area (Å²) >= 11 is 0. The average molecular weight is 330 g/mol. The van der Waals surface area contributed by atoms with E-state index in [4.69, 9.17) is 13.9 Å². The van der Waals surface area contributed by atoms with Gasteiger partial charge in [0, 0.05) is 12.2 Å². The van der Waals surface area contributed by atoms with Crippen LogP contribution < -0.4 is 5.32 Å². The number of carbonyl (C=O) groups is 1. The molecule has 1 saturated heterocycles. The minimum Gasteiger partial charge on any atom is -0.444 e. The van der Waals surface area contributed by atoms with Gasteiger partial charge >= 0.3 is 0 Å². The Morgan fingerprint density at radius 3 is 2.96 bits per heavy atom. The molecule has 3 rings (SSSR count). The first-order valence-corrected chi connectivity index (χ1v) is 8.18. The van der Waals surface area contributed by atoms with E-state index in [1.807, 2.05) is 31.2 Å². The molecule has 1 N–H and O–H groups in total. The van der Waals surface area contributed by atoms with Gasteiger partial charge in [-0.1, -0.05) is 17.7 Å². The predicted molar refractivity (Wildman–Crippen MR) is 88.3 cm³/mol. The highest BCUT2D eigenvalue weighted by molar-refractivity contribution is 5.77. The van der Waals surface area contributed by atoms with Gasteiger partial charge in [0.2, 0.25) is 11.8 Å². The maximum Gasteiger partial charge on any atom is 0.246 e. The molecule has 0 aliphatic carbocycles. The molecule has 1 aromatic heterocycles. The molecule has 1 fully saturated rings. The number of oxazole rings is 1. The van der Waals surface area contributed by atoms with Crippen LogP contribution in [0.25, 0.3) is 11.5 Å². The van der Waals surface area contributed by atoms with Crippen LogP contribution in [0.1, 0.15) is 24.1 Å². The van der Waals surface area contributed by atoms with Crippen molar-refractivity contribution >= 4 is 5.91 Å². The lowest BCUT2D eigenvalue weighted by Gasteiger charge is -2.09. The van der Waals surface area contributed by atoms with Crippen molar-refractivity contribution in [2.45, 2.75) is 32.4 Å². The number of benzene rings is 1. The first-order chi connectivity index (χ1) is 11.7. The lowest BCUT2D eigenvalue weighted by atomic mass is 10.1. The molecule has 1 atom stereocenters. The Kier molecular flexibility index (Phi) is 5.61. The molecule has 0 spiro atoms. The molecule has 1 aliphatic heterocycles. The van der Waals surface area contributed by atoms with Crippen molar-refractivity contribution in [3.8, 4) is 11.5 Å². The molecule has 1 unspecified atom stereocenters. The van der Waals surface area contributed by atoms with Gasteiger partial charge in [0.15, 0.2) is 0 Å². The van der Waals surface area contributed by atoms with E-state index in [1.165, 1.54) is 5.56 Å². The molecule has 6 heteroatoms. The second-order valence-corrected chi connectivity index (χ2v) is 5.94. The summed E-state index contributed by atoms with van der Waals surface area (Å²) in [6.45, 7) is 3.63. The Morgan fingerprint density at radius 2 is 2.21 bits per heavy atom. The van der Waals surface area contributed by atoms with Gasteiger partial charge in [0.25, 0.3) is 0 Å². The Morgan fingerprint density at radius 1 is 1.38 bits per heavy atom. The second-order valence-electron chi connectivity index (χ2n) is 5.94. The van der Waals surface area contributed by atoms with E-state index in [-0.39, 0.29) is 18.6 Å². The number of hydrogen-bond donors (Lipinski definition) is 1. The van der Waals surface area contributed by atoms with E-state index in [1.54, 1.807) is 6.26 Å². The van der Waals surface area contributed by atoms with Gasteiger partial charge in [-0.25, -0.2) is 4.98 Å². The van der Waals surface area contributed by atoms with E-state index in [9.17, 15) is 4.79 Å². The smallest absolute Gasteiger partial charge is 0.246 e. The number of nitrogens with one attached hydrogen (secondary N) is 1. The maximum atomic E-state index is 11.8. The quantitative estimate of drug-likeness (QED) is 0.844. The van der Waals surface area contributed by atoms with Crippen LogP contribution >= 0.6 is 0 Å².